The summed E-state index contributed by atoms with van der Waals surface area (Å²) in [6, 6.07) is 8.53. The number of benzene rings is 1. The maximum atomic E-state index is 11.2. The zero-order chi connectivity index (χ0) is 18.9. The molecule has 146 valence electrons. The van der Waals surface area contributed by atoms with Crippen molar-refractivity contribution < 1.29 is 9.53 Å². The Morgan fingerprint density at radius 2 is 1.81 bits per heavy atom. The SMILES string of the molecule is COC(=O)/C=C/c1ccc(CN(C)CC23CC4CCC2CCC(C4)C3)cc1. The van der Waals surface area contributed by atoms with Crippen molar-refractivity contribution in [3.63, 3.8) is 0 Å². The number of carbonyl (C=O) groups excluding carboxylic acids is 1. The summed E-state index contributed by atoms with van der Waals surface area (Å²) in [7, 11) is 3.70. The van der Waals surface area contributed by atoms with Crippen molar-refractivity contribution in [1.82, 2.24) is 4.90 Å². The van der Waals surface area contributed by atoms with Gasteiger partial charge < -0.3 is 9.64 Å². The molecule has 4 rings (SSSR count). The highest BCUT2D eigenvalue weighted by Gasteiger charge is 2.51. The van der Waals surface area contributed by atoms with Crippen molar-refractivity contribution in [2.75, 3.05) is 20.7 Å². The predicted molar refractivity (Wildman–Crippen MR) is 109 cm³/mol. The van der Waals surface area contributed by atoms with Gasteiger partial charge in [0, 0.05) is 19.2 Å². The van der Waals surface area contributed by atoms with Crippen LogP contribution in [0.3, 0.4) is 0 Å². The molecule has 0 heterocycles. The number of hydrogen-bond donors (Lipinski definition) is 0. The first kappa shape index (κ1) is 18.7. The number of ether oxygens (including phenoxy) is 1. The monoisotopic (exact) mass is 367 g/mol. The smallest absolute Gasteiger partial charge is 0.330 e. The molecular weight excluding hydrogens is 334 g/mol. The standard InChI is InChI=1S/C24H33NO2/c1-25(16-19-5-3-18(4-6-19)9-12-23(26)27-2)17-24-14-20-7-10-22(24)11-8-21(13-20)15-24/h3-6,9,12,20-22H,7-8,10-11,13-17H2,1-2H3/b12-9+. The van der Waals surface area contributed by atoms with Crippen LogP contribution in [0.5, 0.6) is 0 Å². The zero-order valence-corrected chi connectivity index (χ0v) is 16.8. The van der Waals surface area contributed by atoms with Crippen LogP contribution in [-0.2, 0) is 16.1 Å². The largest absolute Gasteiger partial charge is 0.466 e. The van der Waals surface area contributed by atoms with Crippen LogP contribution in [-0.4, -0.2) is 31.6 Å². The van der Waals surface area contributed by atoms with E-state index in [1.807, 2.05) is 0 Å². The van der Waals surface area contributed by atoms with Gasteiger partial charge in [0.15, 0.2) is 0 Å². The highest BCUT2D eigenvalue weighted by Crippen LogP contribution is 2.59. The molecule has 2 unspecified atom stereocenters. The molecule has 3 nitrogen and oxygen atoms in total. The van der Waals surface area contributed by atoms with Crippen LogP contribution < -0.4 is 0 Å². The number of rotatable bonds is 6. The van der Waals surface area contributed by atoms with Gasteiger partial charge in [-0.05, 0) is 79.5 Å². The van der Waals surface area contributed by atoms with Crippen LogP contribution in [0.4, 0.5) is 0 Å². The first-order chi connectivity index (χ1) is 13.1. The van der Waals surface area contributed by atoms with E-state index < -0.39 is 0 Å². The van der Waals surface area contributed by atoms with Gasteiger partial charge in [0.2, 0.25) is 0 Å². The molecule has 27 heavy (non-hydrogen) atoms. The van der Waals surface area contributed by atoms with Gasteiger partial charge in [-0.3, -0.25) is 0 Å². The van der Waals surface area contributed by atoms with Gasteiger partial charge in [-0.2, -0.15) is 0 Å². The second-order valence-corrected chi connectivity index (χ2v) is 9.36. The molecule has 0 radical (unpaired) electrons. The molecule has 3 heteroatoms. The van der Waals surface area contributed by atoms with E-state index in [2.05, 4.69) is 40.9 Å². The number of carbonyl (C=O) groups is 1. The Kier molecular flexibility index (Phi) is 5.41. The first-order valence-corrected chi connectivity index (χ1v) is 10.6. The molecule has 3 fully saturated rings. The molecule has 0 N–H and O–H groups in total. The Morgan fingerprint density at radius 1 is 1.15 bits per heavy atom. The normalized spacial score (nSPS) is 32.2. The second-order valence-electron chi connectivity index (χ2n) is 9.36. The molecule has 1 aromatic carbocycles. The van der Waals surface area contributed by atoms with Crippen molar-refractivity contribution >= 4 is 12.0 Å². The van der Waals surface area contributed by atoms with E-state index in [-0.39, 0.29) is 5.97 Å². The van der Waals surface area contributed by atoms with E-state index in [4.69, 9.17) is 0 Å². The Morgan fingerprint density at radius 3 is 2.44 bits per heavy atom. The third-order valence-corrected chi connectivity index (χ3v) is 7.40. The molecule has 3 saturated carbocycles. The molecule has 2 atom stereocenters. The predicted octanol–water partition coefficient (Wildman–Crippen LogP) is 4.91. The van der Waals surface area contributed by atoms with E-state index in [1.165, 1.54) is 70.2 Å². The molecule has 3 aliphatic carbocycles. The molecule has 0 aromatic heterocycles. The Labute approximate surface area is 163 Å². The molecule has 3 aliphatic rings. The van der Waals surface area contributed by atoms with Crippen molar-refractivity contribution in [3.05, 3.63) is 41.5 Å². The van der Waals surface area contributed by atoms with Gasteiger partial charge in [0.1, 0.15) is 0 Å². The summed E-state index contributed by atoms with van der Waals surface area (Å²) < 4.78 is 4.64. The minimum Gasteiger partial charge on any atom is -0.466 e. The van der Waals surface area contributed by atoms with E-state index in [0.717, 1.165) is 29.9 Å². The fourth-order valence-electron chi connectivity index (χ4n) is 6.40. The molecular formula is C24H33NO2. The van der Waals surface area contributed by atoms with Gasteiger partial charge in [0.25, 0.3) is 0 Å². The van der Waals surface area contributed by atoms with Crippen LogP contribution in [0.1, 0.15) is 56.1 Å². The molecule has 1 aromatic rings. The number of methoxy groups -OCH3 is 1. The van der Waals surface area contributed by atoms with E-state index in [1.54, 1.807) is 6.08 Å². The minimum atomic E-state index is -0.314. The highest BCUT2D eigenvalue weighted by molar-refractivity contribution is 5.86. The average Bonchev–Trinajstić information content (AvgIpc) is 2.65. The Hall–Kier alpha value is -1.61. The number of nitrogens with zero attached hydrogens (tertiary/aromatic N) is 1. The molecule has 0 saturated heterocycles. The van der Waals surface area contributed by atoms with Crippen LogP contribution in [0, 0.1) is 23.2 Å². The summed E-state index contributed by atoms with van der Waals surface area (Å²) >= 11 is 0. The lowest BCUT2D eigenvalue weighted by Crippen LogP contribution is -2.51. The van der Waals surface area contributed by atoms with E-state index in [0.29, 0.717) is 5.41 Å². The van der Waals surface area contributed by atoms with Gasteiger partial charge in [0.05, 0.1) is 7.11 Å². The molecule has 0 spiro atoms. The minimum absolute atomic E-state index is 0.314. The van der Waals surface area contributed by atoms with E-state index in [9.17, 15) is 4.79 Å². The van der Waals surface area contributed by atoms with Gasteiger partial charge in [-0.1, -0.05) is 37.1 Å². The third kappa shape index (κ3) is 4.13. The molecule has 0 aliphatic heterocycles. The van der Waals surface area contributed by atoms with Crippen LogP contribution in [0.25, 0.3) is 6.08 Å². The average molecular weight is 368 g/mol. The van der Waals surface area contributed by atoms with Gasteiger partial charge >= 0.3 is 5.97 Å². The first-order valence-electron chi connectivity index (χ1n) is 10.6. The topological polar surface area (TPSA) is 29.5 Å². The lowest BCUT2D eigenvalue weighted by molar-refractivity contribution is -0.134. The number of hydrogen-bond acceptors (Lipinski definition) is 3. The quantitative estimate of drug-likeness (QED) is 0.528. The molecule has 3 bridgehead atoms. The molecule has 0 amide bonds. The third-order valence-electron chi connectivity index (χ3n) is 7.40. The lowest BCUT2D eigenvalue weighted by Gasteiger charge is -2.58. The Balaban J connectivity index is 1.37. The van der Waals surface area contributed by atoms with Crippen molar-refractivity contribution in [1.29, 1.82) is 0 Å². The van der Waals surface area contributed by atoms with Crippen molar-refractivity contribution in [2.45, 2.75) is 51.5 Å². The summed E-state index contributed by atoms with van der Waals surface area (Å²) in [5.74, 6) is 2.67. The fourth-order valence-corrected chi connectivity index (χ4v) is 6.40. The maximum Gasteiger partial charge on any atom is 0.330 e. The van der Waals surface area contributed by atoms with Crippen LogP contribution in [0.15, 0.2) is 30.3 Å². The summed E-state index contributed by atoms with van der Waals surface area (Å²) in [6.45, 7) is 2.26. The number of esters is 1. The summed E-state index contributed by atoms with van der Waals surface area (Å²) in [5.41, 5.74) is 2.98. The van der Waals surface area contributed by atoms with Crippen LogP contribution >= 0.6 is 0 Å². The lowest BCUT2D eigenvalue weighted by atomic mass is 9.49. The maximum absolute atomic E-state index is 11.2. The fraction of sp³-hybridized carbons (Fsp3) is 0.625. The highest BCUT2D eigenvalue weighted by atomic mass is 16.5. The number of fused-ring (bicyclic) bond motifs is 2. The summed E-state index contributed by atoms with van der Waals surface area (Å²) in [6.07, 6.45) is 13.7. The van der Waals surface area contributed by atoms with Crippen molar-refractivity contribution in [3.8, 4) is 0 Å². The van der Waals surface area contributed by atoms with Gasteiger partial charge in [-0.15, -0.1) is 0 Å². The summed E-state index contributed by atoms with van der Waals surface area (Å²) in [5, 5.41) is 0. The summed E-state index contributed by atoms with van der Waals surface area (Å²) in [4.78, 5) is 13.8. The van der Waals surface area contributed by atoms with E-state index >= 15 is 0 Å². The zero-order valence-electron chi connectivity index (χ0n) is 16.8. The van der Waals surface area contributed by atoms with Gasteiger partial charge in [-0.25, -0.2) is 4.79 Å². The van der Waals surface area contributed by atoms with Crippen LogP contribution in [0.2, 0.25) is 0 Å². The second kappa shape index (κ2) is 7.79. The Bertz CT molecular complexity index is 677. The van der Waals surface area contributed by atoms with Crippen molar-refractivity contribution in [2.24, 2.45) is 23.2 Å².